The summed E-state index contributed by atoms with van der Waals surface area (Å²) >= 11 is 0. The van der Waals surface area contributed by atoms with Gasteiger partial charge in [0.05, 0.1) is 17.6 Å². The lowest BCUT2D eigenvalue weighted by molar-refractivity contribution is -0.114. The van der Waals surface area contributed by atoms with Gasteiger partial charge in [-0.1, -0.05) is 12.1 Å². The number of hydrogen-bond acceptors (Lipinski definition) is 4. The molecule has 1 fully saturated rings. The standard InChI is InChI=1S/C22H25N5O2/c1-16(28)23-18-9-7-17(8-10-18)22(29)27-13-11-26(12-14-27)15-21-24-19-5-3-4-6-20(19)25(21)2/h3-10H,11-15H2,1-2H3,(H,23,28). The van der Waals surface area contributed by atoms with E-state index >= 15 is 0 Å². The molecule has 2 heterocycles. The number of nitrogens with one attached hydrogen (secondary N) is 1. The minimum absolute atomic E-state index is 0.0294. The van der Waals surface area contributed by atoms with Crippen molar-refractivity contribution in [3.05, 3.63) is 59.9 Å². The van der Waals surface area contributed by atoms with E-state index in [1.165, 1.54) is 6.92 Å². The van der Waals surface area contributed by atoms with Crippen LogP contribution in [0.3, 0.4) is 0 Å². The van der Waals surface area contributed by atoms with Crippen molar-refractivity contribution >= 4 is 28.5 Å². The zero-order valence-electron chi connectivity index (χ0n) is 16.8. The maximum Gasteiger partial charge on any atom is 0.253 e. The highest BCUT2D eigenvalue weighted by atomic mass is 16.2. The van der Waals surface area contributed by atoms with Gasteiger partial charge in [-0.3, -0.25) is 14.5 Å². The number of fused-ring (bicyclic) bond motifs is 1. The Kier molecular flexibility index (Phi) is 5.31. The Morgan fingerprint density at radius 1 is 1.00 bits per heavy atom. The fourth-order valence-corrected chi connectivity index (χ4v) is 3.73. The third-order valence-corrected chi connectivity index (χ3v) is 5.36. The second-order valence-corrected chi connectivity index (χ2v) is 7.40. The van der Waals surface area contributed by atoms with Gasteiger partial charge in [-0.15, -0.1) is 0 Å². The van der Waals surface area contributed by atoms with E-state index in [0.29, 0.717) is 24.3 Å². The lowest BCUT2D eigenvalue weighted by atomic mass is 10.1. The van der Waals surface area contributed by atoms with Crippen molar-refractivity contribution in [1.29, 1.82) is 0 Å². The molecule has 7 nitrogen and oxygen atoms in total. The number of benzene rings is 2. The second-order valence-electron chi connectivity index (χ2n) is 7.40. The first kappa shape index (κ1) is 19.1. The average Bonchev–Trinajstić information content (AvgIpc) is 3.04. The molecule has 29 heavy (non-hydrogen) atoms. The number of anilines is 1. The van der Waals surface area contributed by atoms with Crippen LogP contribution in [0, 0.1) is 0 Å². The van der Waals surface area contributed by atoms with E-state index in [0.717, 1.165) is 36.5 Å². The van der Waals surface area contributed by atoms with Crippen molar-refractivity contribution in [2.75, 3.05) is 31.5 Å². The van der Waals surface area contributed by atoms with Gasteiger partial charge < -0.3 is 14.8 Å². The molecule has 0 unspecified atom stereocenters. The minimum atomic E-state index is -0.124. The van der Waals surface area contributed by atoms with Crippen molar-refractivity contribution < 1.29 is 9.59 Å². The summed E-state index contributed by atoms with van der Waals surface area (Å²) in [5, 5.41) is 2.72. The van der Waals surface area contributed by atoms with Gasteiger partial charge >= 0.3 is 0 Å². The average molecular weight is 391 g/mol. The van der Waals surface area contributed by atoms with Gasteiger partial charge in [-0.05, 0) is 36.4 Å². The highest BCUT2D eigenvalue weighted by molar-refractivity contribution is 5.95. The number of para-hydroxylation sites is 2. The van der Waals surface area contributed by atoms with Gasteiger partial charge in [-0.2, -0.15) is 0 Å². The summed E-state index contributed by atoms with van der Waals surface area (Å²) in [6.07, 6.45) is 0. The summed E-state index contributed by atoms with van der Waals surface area (Å²) in [5.74, 6) is 0.946. The van der Waals surface area contributed by atoms with Crippen molar-refractivity contribution in [1.82, 2.24) is 19.4 Å². The number of piperazine rings is 1. The number of carbonyl (C=O) groups is 2. The third kappa shape index (κ3) is 4.14. The Morgan fingerprint density at radius 3 is 2.34 bits per heavy atom. The van der Waals surface area contributed by atoms with E-state index < -0.39 is 0 Å². The van der Waals surface area contributed by atoms with E-state index in [-0.39, 0.29) is 11.8 Å². The summed E-state index contributed by atoms with van der Waals surface area (Å²) in [5.41, 5.74) is 3.49. The highest BCUT2D eigenvalue weighted by Gasteiger charge is 2.23. The molecular weight excluding hydrogens is 366 g/mol. The number of nitrogens with zero attached hydrogens (tertiary/aromatic N) is 4. The van der Waals surface area contributed by atoms with E-state index in [1.807, 2.05) is 23.1 Å². The van der Waals surface area contributed by atoms with Crippen molar-refractivity contribution in [2.45, 2.75) is 13.5 Å². The lowest BCUT2D eigenvalue weighted by Gasteiger charge is -2.34. The number of aromatic nitrogens is 2. The molecule has 2 amide bonds. The number of imidazole rings is 1. The lowest BCUT2D eigenvalue weighted by Crippen LogP contribution is -2.48. The highest BCUT2D eigenvalue weighted by Crippen LogP contribution is 2.17. The number of carbonyl (C=O) groups excluding carboxylic acids is 2. The van der Waals surface area contributed by atoms with Gasteiger partial charge in [0, 0.05) is 51.4 Å². The van der Waals surface area contributed by atoms with E-state index in [4.69, 9.17) is 4.98 Å². The summed E-state index contributed by atoms with van der Waals surface area (Å²) < 4.78 is 2.14. The first-order valence-electron chi connectivity index (χ1n) is 9.81. The molecule has 1 aliphatic heterocycles. The Labute approximate surface area is 169 Å². The smallest absolute Gasteiger partial charge is 0.253 e. The third-order valence-electron chi connectivity index (χ3n) is 5.36. The maximum absolute atomic E-state index is 12.8. The van der Waals surface area contributed by atoms with Crippen LogP contribution in [0.1, 0.15) is 23.1 Å². The predicted molar refractivity (Wildman–Crippen MR) is 113 cm³/mol. The Bertz CT molecular complexity index is 1030. The fourth-order valence-electron chi connectivity index (χ4n) is 3.73. The van der Waals surface area contributed by atoms with Crippen molar-refractivity contribution in [3.8, 4) is 0 Å². The zero-order valence-corrected chi connectivity index (χ0v) is 16.8. The molecule has 2 aromatic carbocycles. The zero-order chi connectivity index (χ0) is 20.4. The molecule has 7 heteroatoms. The first-order valence-corrected chi connectivity index (χ1v) is 9.81. The summed E-state index contributed by atoms with van der Waals surface area (Å²) in [6.45, 7) is 5.26. The Balaban J connectivity index is 1.35. The largest absolute Gasteiger partial charge is 0.336 e. The second kappa shape index (κ2) is 8.05. The molecule has 0 aliphatic carbocycles. The van der Waals surface area contributed by atoms with Crippen LogP contribution < -0.4 is 5.32 Å². The van der Waals surface area contributed by atoms with Gasteiger partial charge in [-0.25, -0.2) is 4.98 Å². The Morgan fingerprint density at radius 2 is 1.69 bits per heavy atom. The molecule has 1 N–H and O–H groups in total. The molecule has 4 rings (SSSR count). The number of aryl methyl sites for hydroxylation is 1. The molecule has 0 radical (unpaired) electrons. The van der Waals surface area contributed by atoms with Crippen molar-refractivity contribution in [2.24, 2.45) is 7.05 Å². The van der Waals surface area contributed by atoms with Gasteiger partial charge in [0.15, 0.2) is 0 Å². The van der Waals surface area contributed by atoms with Gasteiger partial charge in [0.25, 0.3) is 5.91 Å². The number of rotatable bonds is 4. The summed E-state index contributed by atoms with van der Waals surface area (Å²) in [4.78, 5) is 32.9. The SMILES string of the molecule is CC(=O)Nc1ccc(C(=O)N2CCN(Cc3nc4ccccc4n3C)CC2)cc1. The monoisotopic (exact) mass is 391 g/mol. The molecule has 1 aliphatic rings. The van der Waals surface area contributed by atoms with Gasteiger partial charge in [0.2, 0.25) is 5.91 Å². The Hall–Kier alpha value is -3.19. The van der Waals surface area contributed by atoms with Crippen LogP contribution in [0.2, 0.25) is 0 Å². The van der Waals surface area contributed by atoms with Crippen LogP contribution in [0.25, 0.3) is 11.0 Å². The van der Waals surface area contributed by atoms with E-state index in [1.54, 1.807) is 24.3 Å². The topological polar surface area (TPSA) is 70.5 Å². The van der Waals surface area contributed by atoms with Crippen LogP contribution >= 0.6 is 0 Å². The molecule has 1 aromatic heterocycles. The number of hydrogen-bond donors (Lipinski definition) is 1. The predicted octanol–water partition coefficient (Wildman–Crippen LogP) is 2.49. The van der Waals surface area contributed by atoms with Gasteiger partial charge in [0.1, 0.15) is 5.82 Å². The molecule has 0 atom stereocenters. The molecule has 0 saturated carbocycles. The summed E-state index contributed by atoms with van der Waals surface area (Å²) in [7, 11) is 2.05. The normalized spacial score (nSPS) is 14.9. The molecule has 0 bridgehead atoms. The fraction of sp³-hybridized carbons (Fsp3) is 0.318. The van der Waals surface area contributed by atoms with Crippen LogP contribution in [0.4, 0.5) is 5.69 Å². The van der Waals surface area contributed by atoms with E-state index in [9.17, 15) is 9.59 Å². The maximum atomic E-state index is 12.8. The molecule has 1 saturated heterocycles. The van der Waals surface area contributed by atoms with Crippen LogP contribution in [-0.2, 0) is 18.4 Å². The molecular formula is C22H25N5O2. The first-order chi connectivity index (χ1) is 14.0. The molecule has 0 spiro atoms. The van der Waals surface area contributed by atoms with Crippen LogP contribution in [-0.4, -0.2) is 57.3 Å². The minimum Gasteiger partial charge on any atom is -0.336 e. The van der Waals surface area contributed by atoms with Crippen molar-refractivity contribution in [3.63, 3.8) is 0 Å². The molecule has 3 aromatic rings. The van der Waals surface area contributed by atoms with Crippen LogP contribution in [0.15, 0.2) is 48.5 Å². The quantitative estimate of drug-likeness (QED) is 0.742. The number of amides is 2. The van der Waals surface area contributed by atoms with Crippen LogP contribution in [0.5, 0.6) is 0 Å². The van der Waals surface area contributed by atoms with E-state index in [2.05, 4.69) is 27.9 Å². The summed E-state index contributed by atoms with van der Waals surface area (Å²) in [6, 6.07) is 15.2. The molecule has 150 valence electrons.